The molecule has 0 spiro atoms. The van der Waals surface area contributed by atoms with E-state index < -0.39 is 10.8 Å². The van der Waals surface area contributed by atoms with Gasteiger partial charge in [-0.25, -0.2) is 0 Å². The summed E-state index contributed by atoms with van der Waals surface area (Å²) in [5.74, 6) is -0.449. The Morgan fingerprint density at radius 1 is 1.12 bits per heavy atom. The second-order valence-electron chi connectivity index (χ2n) is 5.82. The van der Waals surface area contributed by atoms with Gasteiger partial charge in [0.05, 0.1) is 17.7 Å². The van der Waals surface area contributed by atoms with Crippen molar-refractivity contribution >= 4 is 28.9 Å². The maximum Gasteiger partial charge on any atom is 0.270 e. The molecule has 0 heterocycles. The van der Waals surface area contributed by atoms with Gasteiger partial charge in [0, 0.05) is 35.4 Å². The van der Waals surface area contributed by atoms with Gasteiger partial charge in [0.15, 0.2) is 0 Å². The average Bonchev–Trinajstić information content (AvgIpc) is 2.62. The number of amides is 2. The number of methoxy groups -OCH3 is 1. The molecule has 0 saturated heterocycles. The van der Waals surface area contributed by atoms with Crippen LogP contribution in [0, 0.1) is 16.0 Å². The highest BCUT2D eigenvalue weighted by Gasteiger charge is 2.14. The van der Waals surface area contributed by atoms with Crippen LogP contribution >= 0.6 is 0 Å². The Morgan fingerprint density at radius 3 is 2.46 bits per heavy atom. The van der Waals surface area contributed by atoms with E-state index in [0.717, 1.165) is 0 Å². The molecule has 0 aliphatic carbocycles. The summed E-state index contributed by atoms with van der Waals surface area (Å²) in [7, 11) is 1.45. The van der Waals surface area contributed by atoms with Crippen LogP contribution in [-0.4, -0.2) is 23.8 Å². The Hall–Kier alpha value is -3.42. The van der Waals surface area contributed by atoms with Crippen LogP contribution in [-0.2, 0) is 4.79 Å². The zero-order valence-electron chi connectivity index (χ0n) is 14.6. The van der Waals surface area contributed by atoms with Crippen LogP contribution in [0.25, 0.3) is 0 Å². The zero-order chi connectivity index (χ0) is 19.3. The normalized spacial score (nSPS) is 10.3. The van der Waals surface area contributed by atoms with Gasteiger partial charge in [0.2, 0.25) is 5.91 Å². The van der Waals surface area contributed by atoms with Gasteiger partial charge in [-0.3, -0.25) is 19.7 Å². The molecule has 0 radical (unpaired) electrons. The molecule has 26 heavy (non-hydrogen) atoms. The van der Waals surface area contributed by atoms with E-state index in [0.29, 0.717) is 17.1 Å². The molecule has 2 aromatic carbocycles. The highest BCUT2D eigenvalue weighted by molar-refractivity contribution is 6.05. The summed E-state index contributed by atoms with van der Waals surface area (Å²) in [5.41, 5.74) is 0.915. The molecular weight excluding hydrogens is 338 g/mol. The summed E-state index contributed by atoms with van der Waals surface area (Å²) in [5, 5.41) is 16.2. The van der Waals surface area contributed by atoms with Gasteiger partial charge in [-0.1, -0.05) is 19.9 Å². The molecule has 0 fully saturated rings. The molecule has 8 heteroatoms. The molecule has 0 bridgehead atoms. The second kappa shape index (κ2) is 8.11. The third-order valence-corrected chi connectivity index (χ3v) is 3.56. The van der Waals surface area contributed by atoms with Crippen molar-refractivity contribution in [2.75, 3.05) is 17.7 Å². The average molecular weight is 357 g/mol. The van der Waals surface area contributed by atoms with Gasteiger partial charge in [-0.05, 0) is 18.2 Å². The van der Waals surface area contributed by atoms with E-state index in [1.54, 1.807) is 32.0 Å². The minimum Gasteiger partial charge on any atom is -0.494 e. The molecule has 0 aromatic heterocycles. The quantitative estimate of drug-likeness (QED) is 0.608. The first-order valence-corrected chi connectivity index (χ1v) is 7.86. The van der Waals surface area contributed by atoms with Crippen LogP contribution in [0.3, 0.4) is 0 Å². The molecule has 0 unspecified atom stereocenters. The standard InChI is InChI=1S/C18H19N3O5/c1-11(2)17(22)20-15-8-7-13(10-16(15)26-3)19-18(23)12-5-4-6-14(9-12)21(24)25/h4-11H,1-3H3,(H,19,23)(H,20,22). The van der Waals surface area contributed by atoms with Crippen LogP contribution in [0.4, 0.5) is 17.1 Å². The predicted octanol–water partition coefficient (Wildman–Crippen LogP) is 3.45. The molecule has 2 aromatic rings. The fraction of sp³-hybridized carbons (Fsp3) is 0.222. The Kier molecular flexibility index (Phi) is 5.90. The molecule has 0 aliphatic heterocycles. The summed E-state index contributed by atoms with van der Waals surface area (Å²) < 4.78 is 5.25. The number of nitro groups is 1. The first-order valence-electron chi connectivity index (χ1n) is 7.86. The number of nitro benzene ring substituents is 1. The lowest BCUT2D eigenvalue weighted by Gasteiger charge is -2.13. The number of nitrogens with zero attached hydrogens (tertiary/aromatic N) is 1. The number of benzene rings is 2. The summed E-state index contributed by atoms with van der Waals surface area (Å²) in [6, 6.07) is 10.2. The first-order chi connectivity index (χ1) is 12.3. The van der Waals surface area contributed by atoms with Crippen LogP contribution in [0.2, 0.25) is 0 Å². The number of anilines is 2. The predicted molar refractivity (Wildman–Crippen MR) is 97.5 cm³/mol. The van der Waals surface area contributed by atoms with E-state index in [1.807, 2.05) is 0 Å². The van der Waals surface area contributed by atoms with Gasteiger partial charge in [0.25, 0.3) is 11.6 Å². The number of ether oxygens (including phenoxy) is 1. The summed E-state index contributed by atoms with van der Waals surface area (Å²) in [6.45, 7) is 3.55. The second-order valence-corrected chi connectivity index (χ2v) is 5.82. The van der Waals surface area contributed by atoms with Gasteiger partial charge < -0.3 is 15.4 Å². The van der Waals surface area contributed by atoms with Crippen molar-refractivity contribution in [2.45, 2.75) is 13.8 Å². The third-order valence-electron chi connectivity index (χ3n) is 3.56. The maximum atomic E-state index is 12.3. The van der Waals surface area contributed by atoms with Gasteiger partial charge in [-0.2, -0.15) is 0 Å². The third kappa shape index (κ3) is 4.56. The summed E-state index contributed by atoms with van der Waals surface area (Å²) >= 11 is 0. The summed E-state index contributed by atoms with van der Waals surface area (Å²) in [4.78, 5) is 34.4. The van der Waals surface area contributed by atoms with Crippen molar-refractivity contribution in [1.82, 2.24) is 0 Å². The largest absolute Gasteiger partial charge is 0.494 e. The highest BCUT2D eigenvalue weighted by atomic mass is 16.6. The lowest BCUT2D eigenvalue weighted by molar-refractivity contribution is -0.384. The van der Waals surface area contributed by atoms with E-state index in [4.69, 9.17) is 4.74 Å². The number of hydrogen-bond acceptors (Lipinski definition) is 5. The lowest BCUT2D eigenvalue weighted by atomic mass is 10.1. The lowest BCUT2D eigenvalue weighted by Crippen LogP contribution is -2.18. The van der Waals surface area contributed by atoms with Gasteiger partial charge >= 0.3 is 0 Å². The highest BCUT2D eigenvalue weighted by Crippen LogP contribution is 2.28. The van der Waals surface area contributed by atoms with Crippen LogP contribution in [0.1, 0.15) is 24.2 Å². The van der Waals surface area contributed by atoms with Crippen molar-refractivity contribution < 1.29 is 19.2 Å². The fourth-order valence-corrected chi connectivity index (χ4v) is 2.11. The molecule has 0 atom stereocenters. The monoisotopic (exact) mass is 357 g/mol. The minimum absolute atomic E-state index is 0.156. The molecule has 2 amide bonds. The number of nitrogens with one attached hydrogen (secondary N) is 2. The number of non-ortho nitro benzene ring substituents is 1. The Bertz CT molecular complexity index is 848. The molecular formula is C18H19N3O5. The molecule has 2 N–H and O–H groups in total. The van der Waals surface area contributed by atoms with E-state index in [-0.39, 0.29) is 23.1 Å². The van der Waals surface area contributed by atoms with Crippen molar-refractivity contribution in [1.29, 1.82) is 0 Å². The number of hydrogen-bond donors (Lipinski definition) is 2. The van der Waals surface area contributed by atoms with E-state index >= 15 is 0 Å². The zero-order valence-corrected chi connectivity index (χ0v) is 14.6. The van der Waals surface area contributed by atoms with Gasteiger partial charge in [0.1, 0.15) is 5.75 Å². The van der Waals surface area contributed by atoms with Crippen LogP contribution in [0.15, 0.2) is 42.5 Å². The van der Waals surface area contributed by atoms with E-state index in [2.05, 4.69) is 10.6 Å². The van der Waals surface area contributed by atoms with Gasteiger partial charge in [-0.15, -0.1) is 0 Å². The summed E-state index contributed by atoms with van der Waals surface area (Å²) in [6.07, 6.45) is 0. The molecule has 8 nitrogen and oxygen atoms in total. The molecule has 0 aliphatic rings. The minimum atomic E-state index is -0.563. The number of rotatable bonds is 6. The first kappa shape index (κ1) is 18.9. The van der Waals surface area contributed by atoms with Crippen molar-refractivity contribution in [3.8, 4) is 5.75 Å². The molecule has 2 rings (SSSR count). The number of carbonyl (C=O) groups excluding carboxylic acids is 2. The van der Waals surface area contributed by atoms with Crippen molar-refractivity contribution in [3.63, 3.8) is 0 Å². The van der Waals surface area contributed by atoms with Crippen LogP contribution in [0.5, 0.6) is 5.75 Å². The van der Waals surface area contributed by atoms with Crippen molar-refractivity contribution in [2.24, 2.45) is 5.92 Å². The fourth-order valence-electron chi connectivity index (χ4n) is 2.11. The van der Waals surface area contributed by atoms with E-state index in [9.17, 15) is 19.7 Å². The number of carbonyl (C=O) groups is 2. The SMILES string of the molecule is COc1cc(NC(=O)c2cccc([N+](=O)[O-])c2)ccc1NC(=O)C(C)C. The Balaban J connectivity index is 2.19. The van der Waals surface area contributed by atoms with Crippen LogP contribution < -0.4 is 15.4 Å². The smallest absolute Gasteiger partial charge is 0.270 e. The Morgan fingerprint density at radius 2 is 1.85 bits per heavy atom. The Labute approximate surface area is 150 Å². The maximum absolute atomic E-state index is 12.3. The molecule has 0 saturated carbocycles. The van der Waals surface area contributed by atoms with E-state index in [1.165, 1.54) is 31.4 Å². The molecule has 136 valence electrons. The van der Waals surface area contributed by atoms with Crippen molar-refractivity contribution in [3.05, 3.63) is 58.1 Å². The topological polar surface area (TPSA) is 111 Å².